The molecule has 2 aromatic heterocycles. The number of rotatable bonds is 7. The van der Waals surface area contributed by atoms with Crippen LogP contribution < -0.4 is 5.32 Å². The first-order valence-electron chi connectivity index (χ1n) is 7.49. The van der Waals surface area contributed by atoms with Crippen molar-refractivity contribution in [3.8, 4) is 5.82 Å². The molecule has 0 aromatic carbocycles. The van der Waals surface area contributed by atoms with E-state index >= 15 is 0 Å². The minimum Gasteiger partial charge on any atom is -0.312 e. The zero-order valence-electron chi connectivity index (χ0n) is 12.9. The van der Waals surface area contributed by atoms with Gasteiger partial charge in [0.15, 0.2) is 0 Å². The molecule has 0 saturated carbocycles. The molecular weight excluding hydrogens is 284 g/mol. The van der Waals surface area contributed by atoms with Crippen LogP contribution in [0.1, 0.15) is 38.6 Å². The van der Waals surface area contributed by atoms with Crippen molar-refractivity contribution in [3.63, 3.8) is 0 Å². The first kappa shape index (κ1) is 16.0. The van der Waals surface area contributed by atoms with Gasteiger partial charge in [0, 0.05) is 31.6 Å². The van der Waals surface area contributed by atoms with Gasteiger partial charge in [-0.3, -0.25) is 4.57 Å². The molecule has 0 unspecified atom stereocenters. The van der Waals surface area contributed by atoms with Gasteiger partial charge in [-0.25, -0.2) is 9.97 Å². The molecule has 21 heavy (non-hydrogen) atoms. The van der Waals surface area contributed by atoms with E-state index in [1.54, 1.807) is 6.20 Å². The van der Waals surface area contributed by atoms with E-state index in [1.807, 2.05) is 23.0 Å². The average Bonchev–Trinajstić information content (AvgIpc) is 2.89. The molecule has 0 bridgehead atoms. The van der Waals surface area contributed by atoms with Crippen LogP contribution in [0.2, 0.25) is 5.02 Å². The van der Waals surface area contributed by atoms with Crippen molar-refractivity contribution in [2.45, 2.75) is 40.2 Å². The number of aromatic nitrogens is 3. The normalized spacial score (nSPS) is 11.3. The van der Waals surface area contributed by atoms with Gasteiger partial charge < -0.3 is 5.32 Å². The number of pyridine rings is 1. The first-order valence-corrected chi connectivity index (χ1v) is 7.87. The van der Waals surface area contributed by atoms with Crippen LogP contribution in [-0.2, 0) is 13.0 Å². The van der Waals surface area contributed by atoms with Crippen molar-refractivity contribution in [1.82, 2.24) is 19.9 Å². The van der Waals surface area contributed by atoms with Crippen molar-refractivity contribution < 1.29 is 0 Å². The van der Waals surface area contributed by atoms with E-state index in [1.165, 1.54) is 0 Å². The molecule has 2 rings (SSSR count). The standard InChI is InChI=1S/C16H23ClN4/c1-4-5-15-19-6-7-21(15)16-8-13(14(17)11-20-16)10-18-9-12(2)3/h6-8,11-12,18H,4-5,9-10H2,1-3H3. The SMILES string of the molecule is CCCc1nccn1-c1cc(CNCC(C)C)c(Cl)cn1. The summed E-state index contributed by atoms with van der Waals surface area (Å²) in [4.78, 5) is 8.82. The molecule has 0 fully saturated rings. The minimum absolute atomic E-state index is 0.620. The van der Waals surface area contributed by atoms with Crippen LogP contribution >= 0.6 is 11.6 Å². The van der Waals surface area contributed by atoms with Gasteiger partial charge in [0.25, 0.3) is 0 Å². The fourth-order valence-corrected chi connectivity index (χ4v) is 2.35. The maximum Gasteiger partial charge on any atom is 0.138 e. The van der Waals surface area contributed by atoms with Gasteiger partial charge >= 0.3 is 0 Å². The van der Waals surface area contributed by atoms with Crippen LogP contribution in [0.4, 0.5) is 0 Å². The molecule has 2 heterocycles. The Labute approximate surface area is 131 Å². The second kappa shape index (κ2) is 7.57. The van der Waals surface area contributed by atoms with E-state index in [4.69, 9.17) is 11.6 Å². The third-order valence-electron chi connectivity index (χ3n) is 3.23. The zero-order valence-corrected chi connectivity index (χ0v) is 13.7. The van der Waals surface area contributed by atoms with E-state index in [0.717, 1.165) is 43.1 Å². The molecule has 0 atom stereocenters. The van der Waals surface area contributed by atoms with Gasteiger partial charge in [0.1, 0.15) is 11.6 Å². The maximum atomic E-state index is 6.25. The molecule has 1 N–H and O–H groups in total. The Bertz CT molecular complexity index is 577. The molecule has 4 nitrogen and oxygen atoms in total. The Balaban J connectivity index is 2.19. The molecule has 2 aromatic rings. The summed E-state index contributed by atoms with van der Waals surface area (Å²) in [6.07, 6.45) is 7.50. The van der Waals surface area contributed by atoms with Gasteiger partial charge in [-0.15, -0.1) is 0 Å². The maximum absolute atomic E-state index is 6.25. The zero-order chi connectivity index (χ0) is 15.2. The number of halogens is 1. The summed E-state index contributed by atoms with van der Waals surface area (Å²) in [5, 5.41) is 4.12. The topological polar surface area (TPSA) is 42.7 Å². The van der Waals surface area contributed by atoms with Crippen molar-refractivity contribution in [2.75, 3.05) is 6.54 Å². The van der Waals surface area contributed by atoms with E-state index in [2.05, 4.69) is 36.1 Å². The predicted octanol–water partition coefficient (Wildman–Crippen LogP) is 3.62. The molecule has 0 saturated heterocycles. The second-order valence-electron chi connectivity index (χ2n) is 5.62. The average molecular weight is 307 g/mol. The largest absolute Gasteiger partial charge is 0.312 e. The van der Waals surface area contributed by atoms with Crippen LogP contribution in [0.15, 0.2) is 24.7 Å². The highest BCUT2D eigenvalue weighted by Gasteiger charge is 2.08. The van der Waals surface area contributed by atoms with Crippen LogP contribution in [-0.4, -0.2) is 21.1 Å². The summed E-state index contributed by atoms with van der Waals surface area (Å²) in [5.74, 6) is 2.53. The highest BCUT2D eigenvalue weighted by atomic mass is 35.5. The third-order valence-corrected chi connectivity index (χ3v) is 3.57. The van der Waals surface area contributed by atoms with E-state index in [9.17, 15) is 0 Å². The van der Waals surface area contributed by atoms with Gasteiger partial charge in [0.2, 0.25) is 0 Å². The summed E-state index contributed by atoms with van der Waals surface area (Å²) >= 11 is 6.25. The molecule has 114 valence electrons. The third kappa shape index (κ3) is 4.29. The van der Waals surface area contributed by atoms with Crippen LogP contribution in [0, 0.1) is 5.92 Å². The van der Waals surface area contributed by atoms with Gasteiger partial charge in [-0.05, 0) is 30.5 Å². The lowest BCUT2D eigenvalue weighted by Crippen LogP contribution is -2.19. The van der Waals surface area contributed by atoms with E-state index < -0.39 is 0 Å². The summed E-state index contributed by atoms with van der Waals surface area (Å²) < 4.78 is 2.03. The van der Waals surface area contributed by atoms with Crippen LogP contribution in [0.3, 0.4) is 0 Å². The molecule has 0 aliphatic heterocycles. The minimum atomic E-state index is 0.620. The molecule has 0 aliphatic carbocycles. The lowest BCUT2D eigenvalue weighted by Gasteiger charge is -2.11. The molecular formula is C16H23ClN4. The first-order chi connectivity index (χ1) is 10.1. The van der Waals surface area contributed by atoms with E-state index in [-0.39, 0.29) is 0 Å². The lowest BCUT2D eigenvalue weighted by atomic mass is 10.2. The summed E-state index contributed by atoms with van der Waals surface area (Å²) in [5.41, 5.74) is 1.07. The highest BCUT2D eigenvalue weighted by molar-refractivity contribution is 6.31. The molecule has 0 spiro atoms. The van der Waals surface area contributed by atoms with Crippen LogP contribution in [0.25, 0.3) is 5.82 Å². The highest BCUT2D eigenvalue weighted by Crippen LogP contribution is 2.19. The molecule has 5 heteroatoms. The number of imidazole rings is 1. The predicted molar refractivity (Wildman–Crippen MR) is 86.9 cm³/mol. The van der Waals surface area contributed by atoms with Gasteiger partial charge in [-0.1, -0.05) is 32.4 Å². The van der Waals surface area contributed by atoms with E-state index in [0.29, 0.717) is 10.9 Å². The fraction of sp³-hybridized carbons (Fsp3) is 0.500. The quantitative estimate of drug-likeness (QED) is 0.849. The monoisotopic (exact) mass is 306 g/mol. The van der Waals surface area contributed by atoms with Crippen molar-refractivity contribution in [3.05, 3.63) is 41.1 Å². The second-order valence-corrected chi connectivity index (χ2v) is 6.03. The molecule has 0 aliphatic rings. The smallest absolute Gasteiger partial charge is 0.138 e. The van der Waals surface area contributed by atoms with Crippen molar-refractivity contribution >= 4 is 11.6 Å². The van der Waals surface area contributed by atoms with Gasteiger partial charge in [-0.2, -0.15) is 0 Å². The number of aryl methyl sites for hydroxylation is 1. The summed E-state index contributed by atoms with van der Waals surface area (Å²) in [6, 6.07) is 2.04. The Kier molecular flexibility index (Phi) is 5.76. The van der Waals surface area contributed by atoms with Gasteiger partial charge in [0.05, 0.1) is 5.02 Å². The van der Waals surface area contributed by atoms with Crippen molar-refractivity contribution in [2.24, 2.45) is 5.92 Å². The lowest BCUT2D eigenvalue weighted by molar-refractivity contribution is 0.552. The number of hydrogen-bond donors (Lipinski definition) is 1. The Morgan fingerprint density at radius 2 is 2.14 bits per heavy atom. The summed E-state index contributed by atoms with van der Waals surface area (Å²) in [7, 11) is 0. The number of hydrogen-bond acceptors (Lipinski definition) is 3. The van der Waals surface area contributed by atoms with Crippen molar-refractivity contribution in [1.29, 1.82) is 0 Å². The Hall–Kier alpha value is -1.39. The summed E-state index contributed by atoms with van der Waals surface area (Å²) in [6.45, 7) is 8.25. The fourth-order valence-electron chi connectivity index (χ4n) is 2.18. The number of nitrogens with one attached hydrogen (secondary N) is 1. The number of nitrogens with zero attached hydrogens (tertiary/aromatic N) is 3. The molecule has 0 amide bonds. The Morgan fingerprint density at radius 3 is 2.86 bits per heavy atom. The van der Waals surface area contributed by atoms with Crippen LogP contribution in [0.5, 0.6) is 0 Å². The molecule has 0 radical (unpaired) electrons. The Morgan fingerprint density at radius 1 is 1.33 bits per heavy atom.